The molecule has 264 valence electrons. The van der Waals surface area contributed by atoms with Crippen molar-refractivity contribution < 1.29 is 39.1 Å². The lowest BCUT2D eigenvalue weighted by Gasteiger charge is -2.29. The van der Waals surface area contributed by atoms with E-state index >= 15 is 0 Å². The van der Waals surface area contributed by atoms with E-state index in [1.807, 2.05) is 52.8 Å². The van der Waals surface area contributed by atoms with Crippen molar-refractivity contribution in [2.24, 2.45) is 17.8 Å². The highest BCUT2D eigenvalue weighted by molar-refractivity contribution is 5.70. The van der Waals surface area contributed by atoms with Crippen LogP contribution >= 0.6 is 0 Å². The molecule has 0 aromatic rings. The molecule has 0 aliphatic carbocycles. The Hall–Kier alpha value is -2.24. The molecule has 10 atom stereocenters. The third kappa shape index (κ3) is 13.1. The number of aliphatic hydroxyl groups is 3. The molecule has 2 rings (SSSR count). The van der Waals surface area contributed by atoms with Crippen LogP contribution in [-0.4, -0.2) is 113 Å². The van der Waals surface area contributed by atoms with Crippen LogP contribution < -0.4 is 0 Å². The Morgan fingerprint density at radius 2 is 1.85 bits per heavy atom. The molecule has 2 aliphatic heterocycles. The fraction of sp³-hybridized carbons (Fsp3) is 0.778. The van der Waals surface area contributed by atoms with Crippen LogP contribution in [0.4, 0.5) is 4.79 Å². The van der Waals surface area contributed by atoms with Crippen LogP contribution in [0.1, 0.15) is 87.5 Å². The molecule has 46 heavy (non-hydrogen) atoms. The van der Waals surface area contributed by atoms with Gasteiger partial charge in [-0.3, -0.25) is 4.79 Å². The SMILES string of the molecule is CCC(O)C(C)C1OC1CC(C)(O)/C=C/C=C(\C)C1OC(=O)CC(O)CCC(C)C(OC(=O)N(C)CCN(CC)CC)/C=C/C1C. The molecule has 2 aliphatic rings. The first-order valence-electron chi connectivity index (χ1n) is 17.2. The number of hydrogen-bond donors (Lipinski definition) is 3. The van der Waals surface area contributed by atoms with Crippen molar-refractivity contribution in [1.82, 2.24) is 9.80 Å². The van der Waals surface area contributed by atoms with E-state index in [-0.39, 0.29) is 36.4 Å². The molecular weight excluding hydrogens is 588 g/mol. The van der Waals surface area contributed by atoms with Gasteiger partial charge < -0.3 is 39.3 Å². The largest absolute Gasteiger partial charge is 0.457 e. The summed E-state index contributed by atoms with van der Waals surface area (Å²) in [6.45, 7) is 18.7. The van der Waals surface area contributed by atoms with Gasteiger partial charge in [0.2, 0.25) is 0 Å². The fourth-order valence-electron chi connectivity index (χ4n) is 5.93. The van der Waals surface area contributed by atoms with Crippen molar-refractivity contribution in [2.45, 2.75) is 130 Å². The van der Waals surface area contributed by atoms with Gasteiger partial charge in [0, 0.05) is 38.4 Å². The molecule has 0 bridgehead atoms. The molecule has 0 radical (unpaired) electrons. The van der Waals surface area contributed by atoms with Crippen LogP contribution in [-0.2, 0) is 19.0 Å². The van der Waals surface area contributed by atoms with Gasteiger partial charge in [-0.1, -0.05) is 65.8 Å². The highest BCUT2D eigenvalue weighted by atomic mass is 16.6. The lowest BCUT2D eigenvalue weighted by Crippen LogP contribution is -2.38. The van der Waals surface area contributed by atoms with Crippen molar-refractivity contribution in [3.05, 3.63) is 36.0 Å². The minimum atomic E-state index is -1.13. The number of ether oxygens (including phenoxy) is 3. The topological polar surface area (TPSA) is 132 Å². The van der Waals surface area contributed by atoms with Gasteiger partial charge in [-0.25, -0.2) is 4.79 Å². The highest BCUT2D eigenvalue weighted by Crippen LogP contribution is 2.37. The zero-order valence-electron chi connectivity index (χ0n) is 29.7. The van der Waals surface area contributed by atoms with Crippen LogP contribution in [0.2, 0.25) is 0 Å². The van der Waals surface area contributed by atoms with Crippen molar-refractivity contribution in [2.75, 3.05) is 33.2 Å². The van der Waals surface area contributed by atoms with Crippen LogP contribution in [0, 0.1) is 17.8 Å². The maximum absolute atomic E-state index is 13.0. The summed E-state index contributed by atoms with van der Waals surface area (Å²) in [6, 6.07) is 0. The average molecular weight is 651 g/mol. The van der Waals surface area contributed by atoms with Crippen molar-refractivity contribution in [3.63, 3.8) is 0 Å². The first-order chi connectivity index (χ1) is 21.6. The minimum Gasteiger partial charge on any atom is -0.457 e. The first kappa shape index (κ1) is 39.9. The van der Waals surface area contributed by atoms with Crippen molar-refractivity contribution in [1.29, 1.82) is 0 Å². The number of amides is 1. The first-order valence-corrected chi connectivity index (χ1v) is 17.2. The normalized spacial score (nSPS) is 31.3. The van der Waals surface area contributed by atoms with Crippen LogP contribution in [0.25, 0.3) is 0 Å². The molecule has 10 unspecified atom stereocenters. The summed E-state index contributed by atoms with van der Waals surface area (Å²) < 4.78 is 17.6. The molecule has 0 aromatic heterocycles. The standard InChI is InChI=1S/C36H62N2O8/c1-10-29(40)27(7)34-31(44-34)23-36(8,43)19-13-14-25(5)33-26(6)16-18-30(24(4)15-17-28(39)22-32(41)46-33)45-35(42)37(9)20-21-38(11-2)12-3/h13-14,16,18-19,24,26-31,33-34,39-40,43H,10-12,15,17,20-23H2,1-9H3/b18-16+,19-13+,25-14+. The zero-order valence-corrected chi connectivity index (χ0v) is 29.7. The molecule has 10 nitrogen and oxygen atoms in total. The number of nitrogens with zero attached hydrogens (tertiary/aromatic N) is 2. The Morgan fingerprint density at radius 3 is 2.48 bits per heavy atom. The number of cyclic esters (lactones) is 1. The van der Waals surface area contributed by atoms with Gasteiger partial charge in [0.1, 0.15) is 12.2 Å². The number of aliphatic hydroxyl groups excluding tert-OH is 2. The van der Waals surface area contributed by atoms with Gasteiger partial charge in [-0.2, -0.15) is 0 Å². The number of rotatable bonds is 14. The quantitative estimate of drug-likeness (QED) is 0.104. The number of likely N-dealkylation sites (N-methyl/N-ethyl adjacent to an activating group) is 2. The van der Waals surface area contributed by atoms with Gasteiger partial charge in [0.05, 0.1) is 36.4 Å². The van der Waals surface area contributed by atoms with Gasteiger partial charge in [0.25, 0.3) is 0 Å². The Balaban J connectivity index is 2.16. The monoisotopic (exact) mass is 650 g/mol. The van der Waals surface area contributed by atoms with Crippen LogP contribution in [0.5, 0.6) is 0 Å². The summed E-state index contributed by atoms with van der Waals surface area (Å²) in [5.74, 6) is -0.804. The second-order valence-electron chi connectivity index (χ2n) is 13.7. The predicted octanol–water partition coefficient (Wildman–Crippen LogP) is 4.87. The molecular formula is C36H62N2O8. The van der Waals surface area contributed by atoms with Gasteiger partial charge >= 0.3 is 12.1 Å². The molecule has 1 amide bonds. The maximum Gasteiger partial charge on any atom is 0.410 e. The van der Waals surface area contributed by atoms with Crippen LogP contribution in [0.3, 0.4) is 0 Å². The number of epoxide rings is 1. The summed E-state index contributed by atoms with van der Waals surface area (Å²) in [7, 11) is 1.74. The fourth-order valence-corrected chi connectivity index (χ4v) is 5.93. The molecule has 10 heteroatoms. The molecule has 1 saturated heterocycles. The lowest BCUT2D eigenvalue weighted by atomic mass is 9.91. The van der Waals surface area contributed by atoms with Gasteiger partial charge in [-0.15, -0.1) is 0 Å². The molecule has 0 aromatic carbocycles. The molecule has 0 saturated carbocycles. The molecule has 2 heterocycles. The van der Waals surface area contributed by atoms with Crippen molar-refractivity contribution >= 4 is 12.1 Å². The summed E-state index contributed by atoms with van der Waals surface area (Å²) in [4.78, 5) is 29.7. The van der Waals surface area contributed by atoms with E-state index in [9.17, 15) is 24.9 Å². The smallest absolute Gasteiger partial charge is 0.410 e. The summed E-state index contributed by atoms with van der Waals surface area (Å²) in [6.07, 6.45) is 7.96. The number of esters is 1. The van der Waals surface area contributed by atoms with E-state index in [1.54, 1.807) is 31.0 Å². The predicted molar refractivity (Wildman–Crippen MR) is 180 cm³/mol. The van der Waals surface area contributed by atoms with E-state index in [0.717, 1.165) is 25.2 Å². The Bertz CT molecular complexity index is 1040. The van der Waals surface area contributed by atoms with Crippen LogP contribution in [0.15, 0.2) is 36.0 Å². The number of carbonyl (C=O) groups excluding carboxylic acids is 2. The third-order valence-corrected chi connectivity index (χ3v) is 9.50. The maximum atomic E-state index is 13.0. The number of allylic oxidation sites excluding steroid dienone is 2. The summed E-state index contributed by atoms with van der Waals surface area (Å²) in [5.41, 5.74) is -0.362. The zero-order chi connectivity index (χ0) is 34.6. The third-order valence-electron chi connectivity index (χ3n) is 9.50. The second-order valence-corrected chi connectivity index (χ2v) is 13.7. The van der Waals surface area contributed by atoms with E-state index < -0.39 is 42.1 Å². The molecule has 1 fully saturated rings. The van der Waals surface area contributed by atoms with E-state index in [4.69, 9.17) is 14.2 Å². The molecule has 3 N–H and O–H groups in total. The average Bonchev–Trinajstić information content (AvgIpc) is 3.77. The highest BCUT2D eigenvalue weighted by Gasteiger charge is 2.47. The van der Waals surface area contributed by atoms with Gasteiger partial charge in [0.15, 0.2) is 0 Å². The van der Waals surface area contributed by atoms with E-state index in [0.29, 0.717) is 32.2 Å². The van der Waals surface area contributed by atoms with E-state index in [1.165, 1.54) is 0 Å². The second kappa shape index (κ2) is 18.9. The number of carbonyl (C=O) groups is 2. The summed E-state index contributed by atoms with van der Waals surface area (Å²) in [5, 5.41) is 31.7. The van der Waals surface area contributed by atoms with Gasteiger partial charge in [-0.05, 0) is 63.8 Å². The minimum absolute atomic E-state index is 0.00493. The summed E-state index contributed by atoms with van der Waals surface area (Å²) >= 11 is 0. The van der Waals surface area contributed by atoms with E-state index in [2.05, 4.69) is 18.7 Å². The molecule has 0 spiro atoms. The Kier molecular flexibility index (Phi) is 16.4. The Labute approximate surface area is 277 Å². The Morgan fingerprint density at radius 1 is 1.17 bits per heavy atom. The van der Waals surface area contributed by atoms with Crippen molar-refractivity contribution in [3.8, 4) is 0 Å². The number of hydrogen-bond acceptors (Lipinski definition) is 9. The lowest BCUT2D eigenvalue weighted by molar-refractivity contribution is -0.151.